The maximum atomic E-state index is 12.4. The number of phenols is 1. The van der Waals surface area contributed by atoms with E-state index in [1.165, 1.54) is 24.4 Å². The van der Waals surface area contributed by atoms with Gasteiger partial charge in [-0.1, -0.05) is 13.0 Å². The molecule has 1 heterocycles. The van der Waals surface area contributed by atoms with E-state index in [1.54, 1.807) is 28.8 Å². The van der Waals surface area contributed by atoms with E-state index in [4.69, 9.17) is 4.74 Å². The standard InChI is InChI=1S/C19H17NO5/c1-2-8-25-14-5-3-4-12(9-14)20-11-16(19(23)24)18(22)15-7-6-13(21)10-17(15)20/h3-7,9-11,21H,2,8H2,1H3,(H,23,24). The van der Waals surface area contributed by atoms with E-state index in [2.05, 4.69) is 0 Å². The van der Waals surface area contributed by atoms with Gasteiger partial charge in [0.25, 0.3) is 0 Å². The smallest absolute Gasteiger partial charge is 0.341 e. The van der Waals surface area contributed by atoms with Crippen LogP contribution in [0.5, 0.6) is 11.5 Å². The van der Waals surface area contributed by atoms with Crippen molar-refractivity contribution in [3.8, 4) is 17.2 Å². The molecular formula is C19H17NO5. The fourth-order valence-electron chi connectivity index (χ4n) is 2.62. The van der Waals surface area contributed by atoms with E-state index in [0.29, 0.717) is 23.6 Å². The van der Waals surface area contributed by atoms with Crippen LogP contribution < -0.4 is 10.2 Å². The number of phenolic OH excluding ortho intramolecular Hbond substituents is 1. The number of aromatic carboxylic acids is 1. The molecule has 0 aliphatic carbocycles. The summed E-state index contributed by atoms with van der Waals surface area (Å²) in [4.78, 5) is 23.8. The van der Waals surface area contributed by atoms with Crippen molar-refractivity contribution in [1.29, 1.82) is 0 Å². The Kier molecular flexibility index (Phi) is 4.43. The van der Waals surface area contributed by atoms with Crippen LogP contribution in [-0.2, 0) is 0 Å². The van der Waals surface area contributed by atoms with Crippen LogP contribution in [0.15, 0.2) is 53.5 Å². The summed E-state index contributed by atoms with van der Waals surface area (Å²) in [6.07, 6.45) is 2.13. The molecule has 1 aromatic heterocycles. The largest absolute Gasteiger partial charge is 0.508 e. The third-order valence-corrected chi connectivity index (χ3v) is 3.79. The first-order valence-corrected chi connectivity index (χ1v) is 7.86. The average molecular weight is 339 g/mol. The molecule has 0 aliphatic rings. The van der Waals surface area contributed by atoms with Crippen LogP contribution >= 0.6 is 0 Å². The quantitative estimate of drug-likeness (QED) is 0.745. The molecule has 0 amide bonds. The summed E-state index contributed by atoms with van der Waals surface area (Å²) in [6, 6.07) is 11.3. The number of carbonyl (C=O) groups is 1. The summed E-state index contributed by atoms with van der Waals surface area (Å²) in [5, 5.41) is 19.3. The van der Waals surface area contributed by atoms with Crippen molar-refractivity contribution in [2.75, 3.05) is 6.61 Å². The van der Waals surface area contributed by atoms with Crippen molar-refractivity contribution < 1.29 is 19.7 Å². The number of fused-ring (bicyclic) bond motifs is 1. The number of carboxylic acid groups (broad SMARTS) is 1. The highest BCUT2D eigenvalue weighted by atomic mass is 16.5. The maximum absolute atomic E-state index is 12.4. The summed E-state index contributed by atoms with van der Waals surface area (Å²) < 4.78 is 7.18. The Morgan fingerprint density at radius 1 is 1.20 bits per heavy atom. The maximum Gasteiger partial charge on any atom is 0.341 e. The van der Waals surface area contributed by atoms with E-state index in [1.807, 2.05) is 6.92 Å². The molecular weight excluding hydrogens is 322 g/mol. The monoisotopic (exact) mass is 339 g/mol. The van der Waals surface area contributed by atoms with Gasteiger partial charge in [-0.3, -0.25) is 4.79 Å². The Balaban J connectivity index is 2.28. The summed E-state index contributed by atoms with van der Waals surface area (Å²) in [6.45, 7) is 2.57. The second-order valence-electron chi connectivity index (χ2n) is 5.59. The predicted molar refractivity (Wildman–Crippen MR) is 94.0 cm³/mol. The Morgan fingerprint density at radius 2 is 2.00 bits per heavy atom. The third kappa shape index (κ3) is 3.19. The van der Waals surface area contributed by atoms with Crippen molar-refractivity contribution in [2.24, 2.45) is 0 Å². The minimum absolute atomic E-state index is 0.0119. The highest BCUT2D eigenvalue weighted by molar-refractivity contribution is 5.93. The first kappa shape index (κ1) is 16.6. The van der Waals surface area contributed by atoms with Crippen molar-refractivity contribution in [3.05, 3.63) is 64.4 Å². The van der Waals surface area contributed by atoms with E-state index >= 15 is 0 Å². The van der Waals surface area contributed by atoms with Crippen molar-refractivity contribution in [1.82, 2.24) is 4.57 Å². The van der Waals surface area contributed by atoms with Gasteiger partial charge in [0, 0.05) is 29.4 Å². The summed E-state index contributed by atoms with van der Waals surface area (Å²) in [5.74, 6) is -0.669. The van der Waals surface area contributed by atoms with Crippen LogP contribution in [0.25, 0.3) is 16.6 Å². The molecule has 0 atom stereocenters. The van der Waals surface area contributed by atoms with E-state index < -0.39 is 11.4 Å². The molecule has 128 valence electrons. The zero-order valence-electron chi connectivity index (χ0n) is 13.6. The van der Waals surface area contributed by atoms with Gasteiger partial charge in [-0.2, -0.15) is 0 Å². The molecule has 6 nitrogen and oxygen atoms in total. The van der Waals surface area contributed by atoms with Crippen LogP contribution in [0.3, 0.4) is 0 Å². The van der Waals surface area contributed by atoms with Crippen molar-refractivity contribution in [2.45, 2.75) is 13.3 Å². The van der Waals surface area contributed by atoms with Gasteiger partial charge in [-0.05, 0) is 30.7 Å². The van der Waals surface area contributed by atoms with E-state index in [0.717, 1.165) is 6.42 Å². The minimum atomic E-state index is -1.30. The number of pyridine rings is 1. The number of benzene rings is 2. The number of carboxylic acids is 1. The lowest BCUT2D eigenvalue weighted by Crippen LogP contribution is -2.18. The Bertz CT molecular complexity index is 1010. The lowest BCUT2D eigenvalue weighted by molar-refractivity contribution is 0.0695. The van der Waals surface area contributed by atoms with Gasteiger partial charge in [0.2, 0.25) is 5.43 Å². The number of rotatable bonds is 5. The van der Waals surface area contributed by atoms with Crippen molar-refractivity contribution >= 4 is 16.9 Å². The molecule has 0 spiro atoms. The topological polar surface area (TPSA) is 88.8 Å². The number of aromatic nitrogens is 1. The fraction of sp³-hybridized carbons (Fsp3) is 0.158. The van der Waals surface area contributed by atoms with Crippen molar-refractivity contribution in [3.63, 3.8) is 0 Å². The highest BCUT2D eigenvalue weighted by Gasteiger charge is 2.16. The van der Waals surface area contributed by atoms with Gasteiger partial charge in [-0.25, -0.2) is 4.79 Å². The predicted octanol–water partition coefficient (Wildman–Crippen LogP) is 3.18. The van der Waals surface area contributed by atoms with E-state index in [-0.39, 0.29) is 16.7 Å². The average Bonchev–Trinajstić information content (AvgIpc) is 2.60. The number of aromatic hydroxyl groups is 1. The molecule has 3 rings (SSSR count). The highest BCUT2D eigenvalue weighted by Crippen LogP contribution is 2.24. The first-order valence-electron chi connectivity index (χ1n) is 7.86. The minimum Gasteiger partial charge on any atom is -0.508 e. The lowest BCUT2D eigenvalue weighted by Gasteiger charge is -2.14. The van der Waals surface area contributed by atoms with Crippen LogP contribution in [0.1, 0.15) is 23.7 Å². The lowest BCUT2D eigenvalue weighted by atomic mass is 10.1. The van der Waals surface area contributed by atoms with Gasteiger partial charge < -0.3 is 19.5 Å². The molecule has 0 radical (unpaired) electrons. The summed E-state index contributed by atoms with van der Waals surface area (Å²) >= 11 is 0. The molecule has 6 heteroatoms. The third-order valence-electron chi connectivity index (χ3n) is 3.79. The Hall–Kier alpha value is -3.28. The Morgan fingerprint density at radius 3 is 2.72 bits per heavy atom. The van der Waals surface area contributed by atoms with Crippen LogP contribution in [-0.4, -0.2) is 27.4 Å². The van der Waals surface area contributed by atoms with Gasteiger partial charge >= 0.3 is 5.97 Å². The summed E-state index contributed by atoms with van der Waals surface area (Å²) in [7, 11) is 0. The normalized spacial score (nSPS) is 10.8. The number of hydrogen-bond donors (Lipinski definition) is 2. The number of hydrogen-bond acceptors (Lipinski definition) is 4. The number of nitrogens with zero attached hydrogens (tertiary/aromatic N) is 1. The van der Waals surface area contributed by atoms with Gasteiger partial charge in [-0.15, -0.1) is 0 Å². The van der Waals surface area contributed by atoms with E-state index in [9.17, 15) is 19.8 Å². The molecule has 0 aliphatic heterocycles. The molecule has 3 aromatic rings. The molecule has 2 aromatic carbocycles. The zero-order valence-corrected chi connectivity index (χ0v) is 13.6. The summed E-state index contributed by atoms with van der Waals surface area (Å²) in [5.41, 5.74) is 0.129. The van der Waals surface area contributed by atoms with Crippen LogP contribution in [0.2, 0.25) is 0 Å². The van der Waals surface area contributed by atoms with Crippen LogP contribution in [0.4, 0.5) is 0 Å². The second kappa shape index (κ2) is 6.68. The molecule has 0 saturated carbocycles. The zero-order chi connectivity index (χ0) is 18.0. The first-order chi connectivity index (χ1) is 12.0. The SMILES string of the molecule is CCCOc1cccc(-n2cc(C(=O)O)c(=O)c3ccc(O)cc32)c1. The van der Waals surface area contributed by atoms with Gasteiger partial charge in [0.05, 0.1) is 12.1 Å². The molecule has 25 heavy (non-hydrogen) atoms. The molecule has 0 fully saturated rings. The molecule has 0 bridgehead atoms. The molecule has 0 unspecified atom stereocenters. The number of ether oxygens (including phenoxy) is 1. The van der Waals surface area contributed by atoms with Crippen LogP contribution in [0, 0.1) is 0 Å². The second-order valence-corrected chi connectivity index (χ2v) is 5.59. The van der Waals surface area contributed by atoms with Gasteiger partial charge in [0.15, 0.2) is 0 Å². The Labute approximate surface area is 143 Å². The molecule has 0 saturated heterocycles. The van der Waals surface area contributed by atoms with Gasteiger partial charge in [0.1, 0.15) is 17.1 Å². The molecule has 2 N–H and O–H groups in total. The fourth-order valence-corrected chi connectivity index (χ4v) is 2.62.